The first-order valence-electron chi connectivity index (χ1n) is 11.6. The first-order valence-corrected chi connectivity index (χ1v) is 12.6. The number of carbonyl (C=O) groups is 3. The Kier molecular flexibility index (Phi) is 8.02. The SMILES string of the molecule is CCOC(=O)C1CCCN(C(=O)CN(C)C(=O)c2oc3ccccc3c2CSc2ncccn2)C1. The monoisotopic (exact) mass is 496 g/mol. The number of benzene rings is 1. The third kappa shape index (κ3) is 5.82. The van der Waals surface area contributed by atoms with Gasteiger partial charge in [0.05, 0.1) is 19.1 Å². The molecule has 0 bridgehead atoms. The smallest absolute Gasteiger partial charge is 0.310 e. The van der Waals surface area contributed by atoms with Crippen molar-refractivity contribution in [3.8, 4) is 0 Å². The van der Waals surface area contributed by atoms with Crippen LogP contribution in [0.2, 0.25) is 0 Å². The summed E-state index contributed by atoms with van der Waals surface area (Å²) < 4.78 is 11.1. The summed E-state index contributed by atoms with van der Waals surface area (Å²) in [6, 6.07) is 9.21. The van der Waals surface area contributed by atoms with Crippen LogP contribution in [0.4, 0.5) is 0 Å². The van der Waals surface area contributed by atoms with Crippen LogP contribution in [-0.2, 0) is 20.1 Å². The van der Waals surface area contributed by atoms with Gasteiger partial charge >= 0.3 is 5.97 Å². The fraction of sp³-hybridized carbons (Fsp3) is 0.400. The minimum Gasteiger partial charge on any atom is -0.466 e. The standard InChI is InChI=1S/C25H28N4O5S/c1-3-33-24(32)17-8-6-13-29(14-17)21(30)15-28(2)23(31)22-19(16-35-25-26-11-7-12-27-25)18-9-4-5-10-20(18)34-22/h4-5,7,9-12,17H,3,6,8,13-16H2,1-2H3. The lowest BCUT2D eigenvalue weighted by Gasteiger charge is -2.32. The van der Waals surface area contributed by atoms with Crippen molar-refractivity contribution in [2.45, 2.75) is 30.7 Å². The number of ether oxygens (including phenoxy) is 1. The summed E-state index contributed by atoms with van der Waals surface area (Å²) in [5.41, 5.74) is 1.34. The van der Waals surface area contributed by atoms with Gasteiger partial charge in [0.25, 0.3) is 5.91 Å². The molecule has 1 aromatic carbocycles. The second-order valence-electron chi connectivity index (χ2n) is 8.32. The van der Waals surface area contributed by atoms with Crippen molar-refractivity contribution < 1.29 is 23.5 Å². The third-order valence-electron chi connectivity index (χ3n) is 5.89. The Morgan fingerprint density at radius 2 is 1.97 bits per heavy atom. The summed E-state index contributed by atoms with van der Waals surface area (Å²) in [5.74, 6) is -0.545. The van der Waals surface area contributed by atoms with E-state index in [1.54, 1.807) is 37.3 Å². The van der Waals surface area contributed by atoms with Gasteiger partial charge in [-0.25, -0.2) is 9.97 Å². The lowest BCUT2D eigenvalue weighted by Crippen LogP contribution is -2.47. The van der Waals surface area contributed by atoms with Crippen molar-refractivity contribution in [2.24, 2.45) is 5.92 Å². The number of nitrogens with zero attached hydrogens (tertiary/aromatic N) is 4. The predicted octanol–water partition coefficient (Wildman–Crippen LogP) is 3.39. The van der Waals surface area contributed by atoms with Gasteiger partial charge in [-0.3, -0.25) is 14.4 Å². The van der Waals surface area contributed by atoms with E-state index in [1.807, 2.05) is 24.3 Å². The van der Waals surface area contributed by atoms with Crippen LogP contribution in [0.5, 0.6) is 0 Å². The van der Waals surface area contributed by atoms with Gasteiger partial charge in [0.15, 0.2) is 10.9 Å². The van der Waals surface area contributed by atoms with E-state index < -0.39 is 0 Å². The predicted molar refractivity (Wildman–Crippen MR) is 131 cm³/mol. The summed E-state index contributed by atoms with van der Waals surface area (Å²) in [7, 11) is 1.58. The Morgan fingerprint density at radius 3 is 2.74 bits per heavy atom. The number of likely N-dealkylation sites (tertiary alicyclic amines) is 1. The van der Waals surface area contributed by atoms with Crippen LogP contribution in [0, 0.1) is 5.92 Å². The second kappa shape index (κ2) is 11.4. The van der Waals surface area contributed by atoms with Gasteiger partial charge < -0.3 is 19.0 Å². The molecule has 0 spiro atoms. The van der Waals surface area contributed by atoms with E-state index in [2.05, 4.69) is 9.97 Å². The summed E-state index contributed by atoms with van der Waals surface area (Å²) >= 11 is 1.41. The number of para-hydroxylation sites is 1. The number of aromatic nitrogens is 2. The number of amides is 2. The van der Waals surface area contributed by atoms with Gasteiger partial charge in [-0.15, -0.1) is 0 Å². The van der Waals surface area contributed by atoms with Gasteiger partial charge in [0, 0.05) is 49.2 Å². The number of hydrogen-bond acceptors (Lipinski definition) is 8. The fourth-order valence-corrected chi connectivity index (χ4v) is 4.95. The first-order chi connectivity index (χ1) is 17.0. The minimum atomic E-state index is -0.377. The van der Waals surface area contributed by atoms with E-state index in [9.17, 15) is 14.4 Å². The molecule has 35 heavy (non-hydrogen) atoms. The van der Waals surface area contributed by atoms with Crippen LogP contribution in [0.3, 0.4) is 0 Å². The molecule has 10 heteroatoms. The molecule has 2 amide bonds. The quantitative estimate of drug-likeness (QED) is 0.265. The Bertz CT molecular complexity index is 1200. The summed E-state index contributed by atoms with van der Waals surface area (Å²) in [4.78, 5) is 49.9. The van der Waals surface area contributed by atoms with Gasteiger partial charge in [-0.1, -0.05) is 30.0 Å². The average Bonchev–Trinajstić information content (AvgIpc) is 3.26. The zero-order valence-electron chi connectivity index (χ0n) is 19.8. The molecule has 2 aromatic heterocycles. The molecule has 3 aromatic rings. The Labute approximate surface area is 207 Å². The lowest BCUT2D eigenvalue weighted by atomic mass is 9.98. The van der Waals surface area contributed by atoms with Crippen LogP contribution in [0.25, 0.3) is 11.0 Å². The lowest BCUT2D eigenvalue weighted by molar-refractivity contribution is -0.151. The van der Waals surface area contributed by atoms with E-state index in [1.165, 1.54) is 16.7 Å². The van der Waals surface area contributed by atoms with Crippen LogP contribution in [0.15, 0.2) is 52.3 Å². The molecular weight excluding hydrogens is 468 g/mol. The fourth-order valence-electron chi connectivity index (χ4n) is 4.12. The van der Waals surface area contributed by atoms with Crippen LogP contribution in [-0.4, -0.2) is 70.8 Å². The molecule has 1 aliphatic rings. The molecule has 1 saturated heterocycles. The molecule has 184 valence electrons. The first kappa shape index (κ1) is 24.7. The minimum absolute atomic E-state index is 0.111. The van der Waals surface area contributed by atoms with Crippen molar-refractivity contribution in [1.29, 1.82) is 0 Å². The number of rotatable bonds is 8. The Hall–Kier alpha value is -3.40. The van der Waals surface area contributed by atoms with Crippen molar-refractivity contribution >= 4 is 40.5 Å². The van der Waals surface area contributed by atoms with Gasteiger partial charge in [-0.05, 0) is 31.9 Å². The number of carbonyl (C=O) groups excluding carboxylic acids is 3. The van der Waals surface area contributed by atoms with E-state index in [4.69, 9.17) is 9.15 Å². The van der Waals surface area contributed by atoms with Crippen molar-refractivity contribution in [1.82, 2.24) is 19.8 Å². The molecule has 0 N–H and O–H groups in total. The number of fused-ring (bicyclic) bond motifs is 1. The van der Waals surface area contributed by atoms with Crippen molar-refractivity contribution in [3.05, 3.63) is 54.0 Å². The highest BCUT2D eigenvalue weighted by Crippen LogP contribution is 2.31. The van der Waals surface area contributed by atoms with Crippen molar-refractivity contribution in [2.75, 3.05) is 33.3 Å². The normalized spacial score (nSPS) is 15.7. The zero-order valence-corrected chi connectivity index (χ0v) is 20.6. The van der Waals surface area contributed by atoms with Gasteiger partial charge in [0.2, 0.25) is 5.91 Å². The molecule has 1 unspecified atom stereocenters. The number of piperidine rings is 1. The number of likely N-dealkylation sites (N-methyl/N-ethyl adjacent to an activating group) is 1. The van der Waals surface area contributed by atoms with Crippen LogP contribution in [0.1, 0.15) is 35.9 Å². The van der Waals surface area contributed by atoms with Gasteiger partial charge in [-0.2, -0.15) is 0 Å². The van der Waals surface area contributed by atoms with E-state index in [0.29, 0.717) is 42.6 Å². The van der Waals surface area contributed by atoms with E-state index in [0.717, 1.165) is 17.4 Å². The molecule has 0 saturated carbocycles. The third-order valence-corrected chi connectivity index (χ3v) is 6.80. The molecular formula is C25H28N4O5S. The van der Waals surface area contributed by atoms with Crippen LogP contribution >= 0.6 is 11.8 Å². The highest BCUT2D eigenvalue weighted by molar-refractivity contribution is 7.98. The number of furan rings is 1. The zero-order chi connectivity index (χ0) is 24.8. The highest BCUT2D eigenvalue weighted by Gasteiger charge is 2.31. The maximum Gasteiger partial charge on any atom is 0.310 e. The summed E-state index contributed by atoms with van der Waals surface area (Å²) in [6.07, 6.45) is 4.75. The molecule has 4 rings (SSSR count). The molecule has 1 aliphatic heterocycles. The molecule has 3 heterocycles. The van der Waals surface area contributed by atoms with Crippen LogP contribution < -0.4 is 0 Å². The summed E-state index contributed by atoms with van der Waals surface area (Å²) in [5, 5.41) is 1.44. The number of thioether (sulfide) groups is 1. The number of esters is 1. The largest absolute Gasteiger partial charge is 0.466 e. The molecule has 1 fully saturated rings. The average molecular weight is 497 g/mol. The number of hydrogen-bond donors (Lipinski definition) is 0. The van der Waals surface area contributed by atoms with Crippen molar-refractivity contribution in [3.63, 3.8) is 0 Å². The van der Waals surface area contributed by atoms with E-state index >= 15 is 0 Å². The molecule has 0 radical (unpaired) electrons. The maximum absolute atomic E-state index is 13.4. The van der Waals surface area contributed by atoms with Gasteiger partial charge in [0.1, 0.15) is 5.58 Å². The topological polar surface area (TPSA) is 106 Å². The molecule has 9 nitrogen and oxygen atoms in total. The molecule has 0 aliphatic carbocycles. The maximum atomic E-state index is 13.4. The second-order valence-corrected chi connectivity index (χ2v) is 9.26. The molecule has 1 atom stereocenters. The highest BCUT2D eigenvalue weighted by atomic mass is 32.2. The Morgan fingerprint density at radius 1 is 1.20 bits per heavy atom. The summed E-state index contributed by atoms with van der Waals surface area (Å²) in [6.45, 7) is 2.83. The van der Waals surface area contributed by atoms with E-state index in [-0.39, 0.29) is 36.0 Å². The Balaban J connectivity index is 1.47.